The Balaban J connectivity index is 2.68. The Morgan fingerprint density at radius 3 is 2.90 bits per heavy atom. The Labute approximate surface area is 59.1 Å². The van der Waals surface area contributed by atoms with Crippen LogP contribution in [0, 0.1) is 4.91 Å². The summed E-state index contributed by atoms with van der Waals surface area (Å²) < 4.78 is 0. The summed E-state index contributed by atoms with van der Waals surface area (Å²) in [7, 11) is 0. The van der Waals surface area contributed by atoms with E-state index < -0.39 is 0 Å². The van der Waals surface area contributed by atoms with Crippen molar-refractivity contribution in [2.45, 2.75) is 25.8 Å². The van der Waals surface area contributed by atoms with E-state index in [0.29, 0.717) is 12.8 Å². The fraction of sp³-hybridized carbons (Fsp3) is 0.571. The molecule has 0 aromatic rings. The van der Waals surface area contributed by atoms with E-state index in [9.17, 15) is 9.70 Å². The van der Waals surface area contributed by atoms with Gasteiger partial charge in [0.25, 0.3) is 0 Å². The summed E-state index contributed by atoms with van der Waals surface area (Å²) in [6, 6.07) is -0.309. The molecule has 1 aliphatic carbocycles. The SMILES string of the molecule is CC1=CC[C@H](N=O)CC1=O. The molecule has 0 aliphatic heterocycles. The number of carbonyl (C=O) groups excluding carboxylic acids is 1. The second-order valence-corrected chi connectivity index (χ2v) is 2.51. The maximum atomic E-state index is 10.9. The van der Waals surface area contributed by atoms with Gasteiger partial charge in [0.1, 0.15) is 6.04 Å². The molecule has 0 radical (unpaired) electrons. The molecule has 3 nitrogen and oxygen atoms in total. The fourth-order valence-electron chi connectivity index (χ4n) is 0.965. The normalized spacial score (nSPS) is 25.9. The molecule has 0 spiro atoms. The number of nitrogens with zero attached hydrogens (tertiary/aromatic N) is 1. The Kier molecular flexibility index (Phi) is 1.94. The molecule has 0 N–H and O–H groups in total. The maximum absolute atomic E-state index is 10.9. The molecule has 0 unspecified atom stereocenters. The summed E-state index contributed by atoms with van der Waals surface area (Å²) >= 11 is 0. The first-order chi connectivity index (χ1) is 4.74. The number of rotatable bonds is 1. The molecule has 0 fully saturated rings. The van der Waals surface area contributed by atoms with Gasteiger partial charge in [0.15, 0.2) is 5.78 Å². The zero-order valence-corrected chi connectivity index (χ0v) is 5.83. The quantitative estimate of drug-likeness (QED) is 0.516. The Morgan fingerprint density at radius 1 is 1.70 bits per heavy atom. The van der Waals surface area contributed by atoms with Crippen molar-refractivity contribution in [1.82, 2.24) is 0 Å². The van der Waals surface area contributed by atoms with Crippen molar-refractivity contribution in [1.29, 1.82) is 0 Å². The zero-order valence-electron chi connectivity index (χ0n) is 5.83. The van der Waals surface area contributed by atoms with Gasteiger partial charge >= 0.3 is 0 Å². The van der Waals surface area contributed by atoms with Crippen LogP contribution in [0.15, 0.2) is 16.8 Å². The summed E-state index contributed by atoms with van der Waals surface area (Å²) in [4.78, 5) is 20.9. The number of Topliss-reactive ketones (excluding diaryl/α,β-unsaturated/α-hetero) is 1. The van der Waals surface area contributed by atoms with Crippen LogP contribution in [0.25, 0.3) is 0 Å². The van der Waals surface area contributed by atoms with Crippen LogP contribution in [-0.4, -0.2) is 11.8 Å². The number of carbonyl (C=O) groups is 1. The average Bonchev–Trinajstić information content (AvgIpc) is 1.95. The standard InChI is InChI=1S/C7H9NO2/c1-5-2-3-6(8-10)4-7(5)9/h2,6H,3-4H2,1H3/t6-/m0/s1. The lowest BCUT2D eigenvalue weighted by molar-refractivity contribution is -0.116. The molecule has 0 saturated heterocycles. The molecule has 0 amide bonds. The number of hydrogen-bond donors (Lipinski definition) is 0. The first-order valence-electron chi connectivity index (χ1n) is 3.26. The van der Waals surface area contributed by atoms with Gasteiger partial charge in [0, 0.05) is 6.42 Å². The molecule has 1 atom stereocenters. The first-order valence-corrected chi connectivity index (χ1v) is 3.26. The second-order valence-electron chi connectivity index (χ2n) is 2.51. The van der Waals surface area contributed by atoms with E-state index in [1.165, 1.54) is 0 Å². The molecular formula is C7H9NO2. The van der Waals surface area contributed by atoms with Crippen LogP contribution in [0.2, 0.25) is 0 Å². The van der Waals surface area contributed by atoms with Crippen molar-refractivity contribution < 1.29 is 4.79 Å². The highest BCUT2D eigenvalue weighted by Crippen LogP contribution is 2.16. The van der Waals surface area contributed by atoms with Crippen molar-refractivity contribution in [3.05, 3.63) is 16.6 Å². The van der Waals surface area contributed by atoms with E-state index in [2.05, 4.69) is 5.18 Å². The van der Waals surface area contributed by atoms with Gasteiger partial charge < -0.3 is 0 Å². The third-order valence-corrected chi connectivity index (χ3v) is 1.71. The molecule has 54 valence electrons. The summed E-state index contributed by atoms with van der Waals surface area (Å²) in [5.74, 6) is 0.0517. The molecule has 1 aliphatic rings. The van der Waals surface area contributed by atoms with Gasteiger partial charge in [-0.3, -0.25) is 4.79 Å². The summed E-state index contributed by atoms with van der Waals surface area (Å²) in [5.41, 5.74) is 0.764. The van der Waals surface area contributed by atoms with E-state index in [1.54, 1.807) is 13.0 Å². The predicted octanol–water partition coefficient (Wildman–Crippen LogP) is 1.43. The molecule has 0 heterocycles. The third-order valence-electron chi connectivity index (χ3n) is 1.71. The lowest BCUT2D eigenvalue weighted by atomic mass is 9.96. The minimum absolute atomic E-state index is 0.0517. The van der Waals surface area contributed by atoms with Crippen LogP contribution in [0.1, 0.15) is 19.8 Å². The molecule has 0 bridgehead atoms. The van der Waals surface area contributed by atoms with Gasteiger partial charge in [0.05, 0.1) is 0 Å². The van der Waals surface area contributed by atoms with Gasteiger partial charge in [-0.2, -0.15) is 4.91 Å². The number of ketones is 1. The van der Waals surface area contributed by atoms with Crippen LogP contribution in [0.3, 0.4) is 0 Å². The topological polar surface area (TPSA) is 46.5 Å². The minimum atomic E-state index is -0.309. The van der Waals surface area contributed by atoms with Crippen LogP contribution in [0.4, 0.5) is 0 Å². The van der Waals surface area contributed by atoms with Crippen LogP contribution in [0.5, 0.6) is 0 Å². The van der Waals surface area contributed by atoms with Crippen LogP contribution in [-0.2, 0) is 4.79 Å². The zero-order chi connectivity index (χ0) is 7.56. The van der Waals surface area contributed by atoms with Crippen molar-refractivity contribution >= 4 is 5.78 Å². The maximum Gasteiger partial charge on any atom is 0.160 e. The van der Waals surface area contributed by atoms with Gasteiger partial charge in [-0.1, -0.05) is 11.3 Å². The molecular weight excluding hydrogens is 130 g/mol. The van der Waals surface area contributed by atoms with E-state index >= 15 is 0 Å². The number of allylic oxidation sites excluding steroid dienone is 1. The van der Waals surface area contributed by atoms with Gasteiger partial charge in [-0.05, 0) is 18.9 Å². The predicted molar refractivity (Wildman–Crippen MR) is 37.6 cm³/mol. The molecule has 0 saturated carbocycles. The largest absolute Gasteiger partial charge is 0.294 e. The Hall–Kier alpha value is -0.990. The van der Waals surface area contributed by atoms with Crippen molar-refractivity contribution in [2.75, 3.05) is 0 Å². The monoisotopic (exact) mass is 139 g/mol. The van der Waals surface area contributed by atoms with Gasteiger partial charge in [-0.15, -0.1) is 0 Å². The molecule has 0 aromatic heterocycles. The lowest BCUT2D eigenvalue weighted by Gasteiger charge is -2.11. The molecule has 0 aromatic carbocycles. The Bertz CT molecular complexity index is 196. The lowest BCUT2D eigenvalue weighted by Crippen LogP contribution is -2.16. The third kappa shape index (κ3) is 1.29. The second kappa shape index (κ2) is 2.73. The van der Waals surface area contributed by atoms with E-state index in [1.807, 2.05) is 0 Å². The summed E-state index contributed by atoms with van der Waals surface area (Å²) in [6.07, 6.45) is 2.70. The van der Waals surface area contributed by atoms with E-state index in [0.717, 1.165) is 5.57 Å². The smallest absolute Gasteiger partial charge is 0.160 e. The van der Waals surface area contributed by atoms with Gasteiger partial charge in [0.2, 0.25) is 0 Å². The highest BCUT2D eigenvalue weighted by atomic mass is 16.3. The minimum Gasteiger partial charge on any atom is -0.294 e. The highest BCUT2D eigenvalue weighted by molar-refractivity contribution is 5.95. The average molecular weight is 139 g/mol. The summed E-state index contributed by atoms with van der Waals surface area (Å²) in [6.45, 7) is 1.77. The Morgan fingerprint density at radius 2 is 2.40 bits per heavy atom. The first kappa shape index (κ1) is 7.12. The van der Waals surface area contributed by atoms with Crippen molar-refractivity contribution in [3.63, 3.8) is 0 Å². The fourth-order valence-corrected chi connectivity index (χ4v) is 0.965. The van der Waals surface area contributed by atoms with Gasteiger partial charge in [-0.25, -0.2) is 0 Å². The summed E-state index contributed by atoms with van der Waals surface area (Å²) in [5, 5.41) is 2.82. The molecule has 10 heavy (non-hydrogen) atoms. The molecule has 3 heteroatoms. The number of nitroso groups, excluding NO2 is 1. The van der Waals surface area contributed by atoms with Crippen molar-refractivity contribution in [2.24, 2.45) is 5.18 Å². The highest BCUT2D eigenvalue weighted by Gasteiger charge is 2.18. The molecule has 1 rings (SSSR count). The van der Waals surface area contributed by atoms with Crippen molar-refractivity contribution in [3.8, 4) is 0 Å². The van der Waals surface area contributed by atoms with Crippen LogP contribution < -0.4 is 0 Å². The number of hydrogen-bond acceptors (Lipinski definition) is 3. The van der Waals surface area contributed by atoms with E-state index in [4.69, 9.17) is 0 Å². The van der Waals surface area contributed by atoms with E-state index in [-0.39, 0.29) is 11.8 Å². The van der Waals surface area contributed by atoms with Crippen LogP contribution >= 0.6 is 0 Å².